The van der Waals surface area contributed by atoms with Crippen LogP contribution >= 0.6 is 27.5 Å². The lowest BCUT2D eigenvalue weighted by atomic mass is 10.7. The third kappa shape index (κ3) is 1.21. The molecule has 0 amide bonds. The first kappa shape index (κ1) is 5.18. The average molecular weight is 179 g/mol. The van der Waals surface area contributed by atoms with Crippen molar-refractivity contribution in [3.05, 3.63) is 11.1 Å². The molecule has 7 heavy (non-hydrogen) atoms. The summed E-state index contributed by atoms with van der Waals surface area (Å²) < 4.78 is 3.65. The van der Waals surface area contributed by atoms with Crippen LogP contribution in [-0.4, -0.2) is 9.59 Å². The SMILES string of the molecule is BrCc1cnns1. The van der Waals surface area contributed by atoms with Gasteiger partial charge in [0.2, 0.25) is 0 Å². The van der Waals surface area contributed by atoms with Crippen LogP contribution in [0.4, 0.5) is 0 Å². The fourth-order valence-corrected chi connectivity index (χ4v) is 1.04. The van der Waals surface area contributed by atoms with Crippen LogP contribution in [0.3, 0.4) is 0 Å². The molecule has 0 atom stereocenters. The van der Waals surface area contributed by atoms with Crippen LogP contribution in [0.1, 0.15) is 4.88 Å². The van der Waals surface area contributed by atoms with Crippen molar-refractivity contribution in [2.45, 2.75) is 5.33 Å². The maximum atomic E-state index is 3.65. The monoisotopic (exact) mass is 178 g/mol. The fourth-order valence-electron chi connectivity index (χ4n) is 0.246. The van der Waals surface area contributed by atoms with Gasteiger partial charge in [0.15, 0.2) is 0 Å². The van der Waals surface area contributed by atoms with E-state index in [0.717, 1.165) is 5.33 Å². The van der Waals surface area contributed by atoms with Crippen molar-refractivity contribution >= 4 is 27.5 Å². The summed E-state index contributed by atoms with van der Waals surface area (Å²) in [5.41, 5.74) is 0. The number of rotatable bonds is 1. The van der Waals surface area contributed by atoms with Gasteiger partial charge in [0.25, 0.3) is 0 Å². The Hall–Kier alpha value is 0.0400. The van der Waals surface area contributed by atoms with Crippen molar-refractivity contribution in [3.8, 4) is 0 Å². The molecular weight excluding hydrogens is 176 g/mol. The quantitative estimate of drug-likeness (QED) is 0.609. The van der Waals surface area contributed by atoms with Crippen molar-refractivity contribution in [3.63, 3.8) is 0 Å². The van der Waals surface area contributed by atoms with Gasteiger partial charge in [-0.25, -0.2) is 0 Å². The van der Waals surface area contributed by atoms with E-state index in [2.05, 4.69) is 25.5 Å². The Morgan fingerprint density at radius 3 is 3.00 bits per heavy atom. The van der Waals surface area contributed by atoms with Gasteiger partial charge in [0.1, 0.15) is 0 Å². The fraction of sp³-hybridized carbons (Fsp3) is 0.333. The molecule has 0 fully saturated rings. The van der Waals surface area contributed by atoms with Crippen molar-refractivity contribution in [2.24, 2.45) is 0 Å². The summed E-state index contributed by atoms with van der Waals surface area (Å²) in [6.07, 6.45) is 1.75. The number of alkyl halides is 1. The van der Waals surface area contributed by atoms with Gasteiger partial charge in [0.05, 0.1) is 11.1 Å². The van der Waals surface area contributed by atoms with Crippen LogP contribution in [0.2, 0.25) is 0 Å². The molecule has 0 spiro atoms. The molecule has 1 aromatic rings. The third-order valence-electron chi connectivity index (χ3n) is 0.539. The van der Waals surface area contributed by atoms with E-state index in [1.54, 1.807) is 6.20 Å². The van der Waals surface area contributed by atoms with Gasteiger partial charge in [-0.15, -0.1) is 5.10 Å². The summed E-state index contributed by atoms with van der Waals surface area (Å²) in [5, 5.41) is 4.50. The molecule has 1 heterocycles. The Balaban J connectivity index is 2.76. The highest BCUT2D eigenvalue weighted by Crippen LogP contribution is 2.05. The Bertz CT molecular complexity index is 127. The zero-order valence-electron chi connectivity index (χ0n) is 3.47. The summed E-state index contributed by atoms with van der Waals surface area (Å²) in [4.78, 5) is 1.17. The van der Waals surface area contributed by atoms with E-state index in [0.29, 0.717) is 0 Å². The van der Waals surface area contributed by atoms with Crippen molar-refractivity contribution < 1.29 is 0 Å². The van der Waals surface area contributed by atoms with Crippen LogP contribution in [-0.2, 0) is 5.33 Å². The van der Waals surface area contributed by atoms with E-state index in [9.17, 15) is 0 Å². The van der Waals surface area contributed by atoms with Crippen molar-refractivity contribution in [1.29, 1.82) is 0 Å². The van der Waals surface area contributed by atoms with Gasteiger partial charge in [-0.2, -0.15) is 0 Å². The topological polar surface area (TPSA) is 25.8 Å². The van der Waals surface area contributed by atoms with Crippen LogP contribution in [0.25, 0.3) is 0 Å². The number of aromatic nitrogens is 2. The predicted octanol–water partition coefficient (Wildman–Crippen LogP) is 1.43. The van der Waals surface area contributed by atoms with E-state index in [-0.39, 0.29) is 0 Å². The second-order valence-electron chi connectivity index (χ2n) is 1.02. The van der Waals surface area contributed by atoms with E-state index >= 15 is 0 Å². The lowest BCUT2D eigenvalue weighted by Crippen LogP contribution is -1.60. The molecule has 0 bridgehead atoms. The van der Waals surface area contributed by atoms with Gasteiger partial charge in [-0.3, -0.25) is 0 Å². The molecule has 0 saturated heterocycles. The van der Waals surface area contributed by atoms with Gasteiger partial charge in [-0.1, -0.05) is 20.4 Å². The number of nitrogens with zero attached hydrogens (tertiary/aromatic N) is 2. The molecule has 0 N–H and O–H groups in total. The molecule has 0 aliphatic rings. The molecule has 2 nitrogen and oxygen atoms in total. The first-order valence-electron chi connectivity index (χ1n) is 1.75. The summed E-state index contributed by atoms with van der Waals surface area (Å²) in [6.45, 7) is 0. The molecule has 1 rings (SSSR count). The van der Waals surface area contributed by atoms with E-state index in [1.165, 1.54) is 16.4 Å². The molecule has 4 heteroatoms. The molecule has 0 aromatic carbocycles. The van der Waals surface area contributed by atoms with Gasteiger partial charge in [-0.05, 0) is 11.5 Å². The summed E-state index contributed by atoms with van der Waals surface area (Å²) >= 11 is 4.68. The lowest BCUT2D eigenvalue weighted by Gasteiger charge is -1.72. The smallest absolute Gasteiger partial charge is 0.0661 e. The predicted molar refractivity (Wildman–Crippen MR) is 32.5 cm³/mol. The van der Waals surface area contributed by atoms with E-state index in [1.807, 2.05) is 0 Å². The first-order valence-corrected chi connectivity index (χ1v) is 3.65. The zero-order valence-corrected chi connectivity index (χ0v) is 5.87. The first-order chi connectivity index (χ1) is 3.43. The molecule has 0 radical (unpaired) electrons. The molecular formula is C3H3BrN2S. The third-order valence-corrected chi connectivity index (χ3v) is 2.17. The van der Waals surface area contributed by atoms with Gasteiger partial charge >= 0.3 is 0 Å². The van der Waals surface area contributed by atoms with Crippen LogP contribution in [0.5, 0.6) is 0 Å². The maximum absolute atomic E-state index is 3.65. The molecule has 0 aliphatic heterocycles. The van der Waals surface area contributed by atoms with Gasteiger partial charge in [0, 0.05) is 5.33 Å². The molecule has 0 saturated carbocycles. The molecule has 38 valence electrons. The molecule has 1 aromatic heterocycles. The van der Waals surface area contributed by atoms with Crippen LogP contribution < -0.4 is 0 Å². The minimum absolute atomic E-state index is 0.866. The standard InChI is InChI=1S/C3H3BrN2S/c4-1-3-2-5-6-7-3/h2H,1H2. The number of hydrogen-bond acceptors (Lipinski definition) is 3. The van der Waals surface area contributed by atoms with Crippen molar-refractivity contribution in [1.82, 2.24) is 9.59 Å². The molecule has 0 unspecified atom stereocenters. The second kappa shape index (κ2) is 2.37. The average Bonchev–Trinajstić information content (AvgIpc) is 2.14. The summed E-state index contributed by atoms with van der Waals surface area (Å²) in [5.74, 6) is 0. The number of halogens is 1. The Labute approximate surface area is 53.9 Å². The van der Waals surface area contributed by atoms with Crippen LogP contribution in [0, 0.1) is 0 Å². The minimum Gasteiger partial charge on any atom is -0.146 e. The lowest BCUT2D eigenvalue weighted by molar-refractivity contribution is 1.15. The Morgan fingerprint density at radius 2 is 2.71 bits per heavy atom. The van der Waals surface area contributed by atoms with E-state index in [4.69, 9.17) is 0 Å². The molecule has 0 aliphatic carbocycles. The normalized spacial score (nSPS) is 9.29. The Kier molecular flexibility index (Phi) is 1.76. The summed E-state index contributed by atoms with van der Waals surface area (Å²) in [7, 11) is 0. The zero-order chi connectivity index (χ0) is 5.11. The van der Waals surface area contributed by atoms with Crippen LogP contribution in [0.15, 0.2) is 6.20 Å². The maximum Gasteiger partial charge on any atom is 0.0661 e. The largest absolute Gasteiger partial charge is 0.146 e. The minimum atomic E-state index is 0.866. The number of hydrogen-bond donors (Lipinski definition) is 0. The Morgan fingerprint density at radius 1 is 1.86 bits per heavy atom. The highest BCUT2D eigenvalue weighted by atomic mass is 79.9. The van der Waals surface area contributed by atoms with Crippen molar-refractivity contribution in [2.75, 3.05) is 0 Å². The highest BCUT2D eigenvalue weighted by molar-refractivity contribution is 9.08. The summed E-state index contributed by atoms with van der Waals surface area (Å²) in [6, 6.07) is 0. The van der Waals surface area contributed by atoms with Gasteiger partial charge < -0.3 is 0 Å². The second-order valence-corrected chi connectivity index (χ2v) is 2.45. The highest BCUT2D eigenvalue weighted by Gasteiger charge is 1.87. The van der Waals surface area contributed by atoms with E-state index < -0.39 is 0 Å².